The van der Waals surface area contributed by atoms with Crippen LogP contribution in [0.4, 0.5) is 17.6 Å². The molecule has 0 bridgehead atoms. The highest BCUT2D eigenvalue weighted by Crippen LogP contribution is 2.53. The predicted molar refractivity (Wildman–Crippen MR) is 232 cm³/mol. The highest BCUT2D eigenvalue weighted by Gasteiger charge is 2.61. The fourth-order valence-electron chi connectivity index (χ4n) is 7.62. The third-order valence-corrected chi connectivity index (χ3v) is 12.9. The first-order valence-electron chi connectivity index (χ1n) is 19.6. The lowest BCUT2D eigenvalue weighted by Crippen LogP contribution is -2.52. The summed E-state index contributed by atoms with van der Waals surface area (Å²) in [5.74, 6) is -10.4. The van der Waals surface area contributed by atoms with Gasteiger partial charge in [-0.2, -0.15) is 21.0 Å². The molecule has 0 saturated heterocycles. The van der Waals surface area contributed by atoms with Crippen molar-refractivity contribution >= 4 is 69.5 Å². The van der Waals surface area contributed by atoms with Crippen LogP contribution >= 0.6 is 22.7 Å². The summed E-state index contributed by atoms with van der Waals surface area (Å²) in [6, 6.07) is 26.0. The molecule has 4 aromatic carbocycles. The summed E-state index contributed by atoms with van der Waals surface area (Å²) in [4.78, 5) is 66.4. The number of hydrogen-bond donors (Lipinski definition) is 0. The highest BCUT2D eigenvalue weighted by molar-refractivity contribution is 7.23. The van der Waals surface area contributed by atoms with Crippen molar-refractivity contribution in [3.63, 3.8) is 0 Å². The van der Waals surface area contributed by atoms with Crippen LogP contribution in [0, 0.1) is 68.6 Å². The number of aromatic nitrogens is 2. The molecule has 0 unspecified atom stereocenters. The van der Waals surface area contributed by atoms with Gasteiger partial charge in [0.2, 0.25) is 5.88 Å². The number of halogens is 4. The SMILES string of the molecule is N#CC(C#N)=C1/C(=C/c2nc3c(s2)-c2sc(/C=C4\C(=O)c5cc(F)c(F)cc5C4=C(C#N)C#N)nc2C(C(=O)OCc2ccccc2)(C(=O)OCc2ccccc2)O3)C(=O)c2cc(F)c(F)cc21. The van der Waals surface area contributed by atoms with Gasteiger partial charge in [-0.3, -0.25) is 9.59 Å². The molecule has 0 radical (unpaired) electrons. The van der Waals surface area contributed by atoms with Crippen LogP contribution in [-0.2, 0) is 37.9 Å². The molecule has 0 N–H and O–H groups in total. The number of fused-ring (bicyclic) bond motifs is 5. The molecule has 13 nitrogen and oxygen atoms in total. The van der Waals surface area contributed by atoms with Gasteiger partial charge >= 0.3 is 17.5 Å². The van der Waals surface area contributed by atoms with Crippen LogP contribution in [-0.4, -0.2) is 33.5 Å². The summed E-state index contributed by atoms with van der Waals surface area (Å²) in [6.07, 6.45) is 2.22. The minimum Gasteiger partial charge on any atom is -0.457 e. The fraction of sp³-hybridized carbons (Fsp3) is 0.0612. The minimum absolute atomic E-state index is 0.0179. The summed E-state index contributed by atoms with van der Waals surface area (Å²) in [5, 5.41) is 39.2. The van der Waals surface area contributed by atoms with Gasteiger partial charge < -0.3 is 14.2 Å². The smallest absolute Gasteiger partial charge is 0.369 e. The Kier molecular flexibility index (Phi) is 11.2. The maximum atomic E-state index is 14.7. The topological polar surface area (TPSA) is 217 Å². The summed E-state index contributed by atoms with van der Waals surface area (Å²) in [6.45, 7) is -0.792. The van der Waals surface area contributed by atoms with Crippen LogP contribution in [0.3, 0.4) is 0 Å². The van der Waals surface area contributed by atoms with Crippen molar-refractivity contribution in [1.29, 1.82) is 21.0 Å². The first-order valence-corrected chi connectivity index (χ1v) is 21.2. The Morgan fingerprint density at radius 1 is 0.603 bits per heavy atom. The number of ketones is 2. The van der Waals surface area contributed by atoms with Crippen molar-refractivity contribution in [2.24, 2.45) is 0 Å². The standard InChI is InChI=1S/C49H20F4N6O7S2/c50-33-11-27-29(13-35(33)52)41(60)31(39(27)25(17-54)18-55)15-37-58-45-43(67-37)44-46(59-38(68-44)16-32-40(26(19-56)20-57)28-12-34(51)36(53)14-30(28)42(32)61)66-49(45,47(62)64-21-23-7-3-1-4-8-23)48(63)65-22-24-9-5-2-6-10-24/h1-16H,21-22H2/b31-15-,32-16-. The Labute approximate surface area is 388 Å². The van der Waals surface area contributed by atoms with Gasteiger partial charge in [0.1, 0.15) is 69.2 Å². The van der Waals surface area contributed by atoms with Crippen LogP contribution in [0.25, 0.3) is 33.1 Å². The van der Waals surface area contributed by atoms with Crippen molar-refractivity contribution in [2.75, 3.05) is 0 Å². The van der Waals surface area contributed by atoms with Gasteiger partial charge in [0.25, 0.3) is 0 Å². The zero-order valence-corrected chi connectivity index (χ0v) is 35.7. The van der Waals surface area contributed by atoms with Gasteiger partial charge in [-0.05, 0) is 58.7 Å². The number of rotatable bonds is 8. The number of thiazole rings is 2. The second-order valence-electron chi connectivity index (χ2n) is 14.7. The summed E-state index contributed by atoms with van der Waals surface area (Å²) in [5.41, 5.74) is -6.30. The van der Waals surface area contributed by atoms with E-state index in [4.69, 9.17) is 14.2 Å². The maximum Gasteiger partial charge on any atom is 0.369 e. The van der Waals surface area contributed by atoms with Crippen LogP contribution < -0.4 is 4.74 Å². The lowest BCUT2D eigenvalue weighted by molar-refractivity contribution is -0.184. The number of esters is 2. The van der Waals surface area contributed by atoms with E-state index < -0.39 is 93.9 Å². The zero-order valence-electron chi connectivity index (χ0n) is 34.0. The Hall–Kier alpha value is -9.14. The number of carbonyl (C=O) groups excluding carboxylic acids is 4. The Balaban J connectivity index is 1.25. The largest absolute Gasteiger partial charge is 0.457 e. The molecule has 0 atom stereocenters. The second kappa shape index (κ2) is 17.3. The fourth-order valence-corrected chi connectivity index (χ4v) is 9.73. The van der Waals surface area contributed by atoms with E-state index in [0.29, 0.717) is 35.4 Å². The lowest BCUT2D eigenvalue weighted by atomic mass is 9.95. The first kappa shape index (κ1) is 44.1. The van der Waals surface area contributed by atoms with E-state index in [9.17, 15) is 57.8 Å². The Morgan fingerprint density at radius 3 is 1.43 bits per heavy atom. The zero-order chi connectivity index (χ0) is 48.0. The monoisotopic (exact) mass is 944 g/mol. The van der Waals surface area contributed by atoms with E-state index in [-0.39, 0.29) is 58.7 Å². The van der Waals surface area contributed by atoms with Crippen molar-refractivity contribution < 1.29 is 51.0 Å². The molecular formula is C49H20F4N6O7S2. The molecule has 0 saturated carbocycles. The van der Waals surface area contributed by atoms with Crippen molar-refractivity contribution in [2.45, 2.75) is 18.8 Å². The molecular weight excluding hydrogens is 925 g/mol. The van der Waals surface area contributed by atoms with Gasteiger partial charge in [-0.25, -0.2) is 37.1 Å². The van der Waals surface area contributed by atoms with Crippen LogP contribution in [0.2, 0.25) is 0 Å². The van der Waals surface area contributed by atoms with Gasteiger partial charge in [-0.15, -0.1) is 22.7 Å². The molecule has 1 aliphatic heterocycles. The van der Waals surface area contributed by atoms with E-state index in [0.717, 1.165) is 34.8 Å². The molecule has 328 valence electrons. The third-order valence-electron chi connectivity index (χ3n) is 10.7. The van der Waals surface area contributed by atoms with Gasteiger partial charge in [-0.1, -0.05) is 60.7 Å². The average Bonchev–Trinajstić information content (AvgIpc) is 4.09. The quantitative estimate of drug-likeness (QED) is 0.0458. The second-order valence-corrected chi connectivity index (χ2v) is 16.7. The number of nitrogens with zero attached hydrogens (tertiary/aromatic N) is 6. The number of hydrogen-bond acceptors (Lipinski definition) is 15. The lowest BCUT2D eigenvalue weighted by Gasteiger charge is -2.31. The van der Waals surface area contributed by atoms with Gasteiger partial charge in [0.15, 0.2) is 34.8 Å². The van der Waals surface area contributed by atoms with Crippen molar-refractivity contribution in [3.8, 4) is 39.9 Å². The molecule has 6 aromatic rings. The van der Waals surface area contributed by atoms with E-state index in [1.807, 2.05) is 0 Å². The number of carbonyl (C=O) groups is 4. The molecule has 9 rings (SSSR count). The average molecular weight is 945 g/mol. The summed E-state index contributed by atoms with van der Waals surface area (Å²) >= 11 is 1.53. The van der Waals surface area contributed by atoms with Crippen molar-refractivity contribution in [1.82, 2.24) is 9.97 Å². The number of Topliss-reactive ketones (excluding diaryl/α,β-unsaturated/α-hetero) is 2. The molecule has 0 spiro atoms. The van der Waals surface area contributed by atoms with Gasteiger partial charge in [0.05, 0.1) is 4.88 Å². The van der Waals surface area contributed by atoms with Crippen LogP contribution in [0.5, 0.6) is 5.88 Å². The molecule has 3 aliphatic rings. The number of benzene rings is 4. The molecule has 19 heteroatoms. The summed E-state index contributed by atoms with van der Waals surface area (Å²) in [7, 11) is 0. The van der Waals surface area contributed by atoms with Crippen molar-refractivity contribution in [3.05, 3.63) is 180 Å². The predicted octanol–water partition coefficient (Wildman–Crippen LogP) is 9.06. The number of nitriles is 4. The van der Waals surface area contributed by atoms with E-state index in [2.05, 4.69) is 9.97 Å². The molecule has 0 fully saturated rings. The van der Waals surface area contributed by atoms with E-state index in [1.54, 1.807) is 84.9 Å². The molecule has 0 amide bonds. The van der Waals surface area contributed by atoms with E-state index in [1.165, 1.54) is 0 Å². The van der Waals surface area contributed by atoms with Crippen LogP contribution in [0.1, 0.15) is 58.7 Å². The van der Waals surface area contributed by atoms with E-state index >= 15 is 0 Å². The molecule has 3 heterocycles. The van der Waals surface area contributed by atoms with Crippen LogP contribution in [0.15, 0.2) is 107 Å². The third kappa shape index (κ3) is 7.30. The minimum atomic E-state index is -2.94. The number of allylic oxidation sites excluding steroid dienone is 6. The maximum absolute atomic E-state index is 14.7. The highest BCUT2D eigenvalue weighted by atomic mass is 32.1. The summed E-state index contributed by atoms with van der Waals surface area (Å²) < 4.78 is 76.0. The first-order chi connectivity index (χ1) is 32.8. The normalized spacial score (nSPS) is 14.9. The molecule has 2 aliphatic carbocycles. The molecule has 68 heavy (non-hydrogen) atoms. The number of ether oxygens (including phenoxy) is 3. The Bertz CT molecular complexity index is 3480. The Morgan fingerprint density at radius 2 is 1.00 bits per heavy atom. The molecule has 2 aromatic heterocycles. The van der Waals surface area contributed by atoms with Gasteiger partial charge in [0, 0.05) is 33.4 Å².